The van der Waals surface area contributed by atoms with Gasteiger partial charge in [0.25, 0.3) is 11.8 Å². The van der Waals surface area contributed by atoms with Crippen molar-refractivity contribution >= 4 is 24.2 Å². The first-order valence-corrected chi connectivity index (χ1v) is 5.92. The lowest BCUT2D eigenvalue weighted by molar-refractivity contribution is 0.0650. The van der Waals surface area contributed by atoms with Crippen molar-refractivity contribution in [1.29, 1.82) is 0 Å². The van der Waals surface area contributed by atoms with Gasteiger partial charge in [-0.25, -0.2) is 4.39 Å². The summed E-state index contributed by atoms with van der Waals surface area (Å²) in [4.78, 5) is 25.1. The highest BCUT2D eigenvalue weighted by Crippen LogP contribution is 2.22. The lowest BCUT2D eigenvalue weighted by Crippen LogP contribution is -2.32. The monoisotopic (exact) mass is 286 g/mol. The first-order valence-electron chi connectivity index (χ1n) is 5.92. The van der Waals surface area contributed by atoms with E-state index in [1.807, 2.05) is 0 Å². The van der Waals surface area contributed by atoms with E-state index >= 15 is 0 Å². The average Bonchev–Trinajstić information content (AvgIpc) is 2.64. The third-order valence-corrected chi connectivity index (χ3v) is 3.03. The van der Waals surface area contributed by atoms with Crippen LogP contribution in [-0.4, -0.2) is 36.0 Å². The molecule has 1 atom stereocenters. The molecule has 1 aromatic rings. The van der Waals surface area contributed by atoms with E-state index in [1.54, 1.807) is 24.3 Å². The van der Waals surface area contributed by atoms with Crippen molar-refractivity contribution in [3.8, 4) is 0 Å². The minimum atomic E-state index is -0.581. The van der Waals surface area contributed by atoms with E-state index in [0.717, 1.165) is 0 Å². The first kappa shape index (κ1) is 15.6. The van der Waals surface area contributed by atoms with Crippen LogP contribution in [0.4, 0.5) is 4.39 Å². The minimum absolute atomic E-state index is 0. The molecule has 104 valence electrons. The van der Waals surface area contributed by atoms with Gasteiger partial charge in [-0.15, -0.1) is 12.4 Å². The van der Waals surface area contributed by atoms with E-state index < -0.39 is 12.7 Å². The van der Waals surface area contributed by atoms with Gasteiger partial charge >= 0.3 is 0 Å². The predicted octanol–water partition coefficient (Wildman–Crippen LogP) is 1.78. The molecule has 4 nitrogen and oxygen atoms in total. The molecule has 0 fully saturated rings. The molecule has 1 unspecified atom stereocenters. The largest absolute Gasteiger partial charge is 0.325 e. The molecule has 19 heavy (non-hydrogen) atoms. The van der Waals surface area contributed by atoms with E-state index in [1.165, 1.54) is 4.90 Å². The number of carbonyl (C=O) groups is 2. The van der Waals surface area contributed by atoms with Crippen molar-refractivity contribution in [3.05, 3.63) is 35.4 Å². The van der Waals surface area contributed by atoms with Gasteiger partial charge in [0.1, 0.15) is 6.67 Å². The molecular weight excluding hydrogens is 271 g/mol. The molecule has 1 aliphatic rings. The Morgan fingerprint density at radius 1 is 1.16 bits per heavy atom. The van der Waals surface area contributed by atoms with Gasteiger partial charge in [-0.2, -0.15) is 0 Å². The van der Waals surface area contributed by atoms with Crippen molar-refractivity contribution in [2.75, 3.05) is 13.2 Å². The highest BCUT2D eigenvalue weighted by atomic mass is 35.5. The van der Waals surface area contributed by atoms with Crippen LogP contribution in [0, 0.1) is 0 Å². The summed E-state index contributed by atoms with van der Waals surface area (Å²) in [5.74, 6) is -0.547. The number of imide groups is 1. The molecule has 2 rings (SSSR count). The molecule has 0 saturated carbocycles. The molecule has 1 aromatic carbocycles. The van der Waals surface area contributed by atoms with Crippen molar-refractivity contribution in [2.24, 2.45) is 5.73 Å². The number of hydrogen-bond acceptors (Lipinski definition) is 3. The van der Waals surface area contributed by atoms with Gasteiger partial charge in [-0.3, -0.25) is 14.5 Å². The van der Waals surface area contributed by atoms with Gasteiger partial charge in [-0.1, -0.05) is 12.1 Å². The zero-order valence-corrected chi connectivity index (χ0v) is 11.2. The second kappa shape index (κ2) is 6.63. The summed E-state index contributed by atoms with van der Waals surface area (Å²) in [5, 5.41) is 0. The summed E-state index contributed by atoms with van der Waals surface area (Å²) in [6.45, 7) is -0.290. The minimum Gasteiger partial charge on any atom is -0.325 e. The molecule has 0 aromatic heterocycles. The van der Waals surface area contributed by atoms with Gasteiger partial charge in [0, 0.05) is 12.6 Å². The Hall–Kier alpha value is -1.46. The van der Waals surface area contributed by atoms with Crippen molar-refractivity contribution in [2.45, 2.75) is 18.9 Å². The summed E-state index contributed by atoms with van der Waals surface area (Å²) < 4.78 is 12.2. The molecule has 2 amide bonds. The zero-order chi connectivity index (χ0) is 13.1. The third-order valence-electron chi connectivity index (χ3n) is 3.03. The number of benzene rings is 1. The van der Waals surface area contributed by atoms with Crippen LogP contribution in [0.25, 0.3) is 0 Å². The van der Waals surface area contributed by atoms with Gasteiger partial charge < -0.3 is 5.73 Å². The van der Waals surface area contributed by atoms with Crippen LogP contribution in [-0.2, 0) is 0 Å². The third kappa shape index (κ3) is 3.11. The lowest BCUT2D eigenvalue weighted by atomic mass is 10.1. The maximum absolute atomic E-state index is 12.2. The van der Waals surface area contributed by atoms with Crippen molar-refractivity contribution in [1.82, 2.24) is 4.90 Å². The molecule has 1 heterocycles. The van der Waals surface area contributed by atoms with Gasteiger partial charge in [0.2, 0.25) is 0 Å². The Labute approximate surface area is 117 Å². The Kier molecular flexibility index (Phi) is 5.44. The molecule has 0 bridgehead atoms. The van der Waals surface area contributed by atoms with Gasteiger partial charge in [0.15, 0.2) is 0 Å². The van der Waals surface area contributed by atoms with E-state index in [2.05, 4.69) is 0 Å². The number of carbonyl (C=O) groups excluding carboxylic acids is 2. The number of nitrogens with zero attached hydrogens (tertiary/aromatic N) is 1. The second-order valence-electron chi connectivity index (χ2n) is 4.36. The van der Waals surface area contributed by atoms with Crippen molar-refractivity contribution in [3.63, 3.8) is 0 Å². The summed E-state index contributed by atoms with van der Waals surface area (Å²) in [6, 6.07) is 6.23. The topological polar surface area (TPSA) is 63.4 Å². The summed E-state index contributed by atoms with van der Waals surface area (Å²) in [6.07, 6.45) is 0.987. The molecule has 0 aliphatic carbocycles. The Morgan fingerprint density at radius 3 is 2.16 bits per heavy atom. The van der Waals surface area contributed by atoms with Crippen LogP contribution in [0.1, 0.15) is 33.6 Å². The van der Waals surface area contributed by atoms with E-state index in [0.29, 0.717) is 30.5 Å². The van der Waals surface area contributed by atoms with Gasteiger partial charge in [-0.05, 0) is 25.0 Å². The maximum Gasteiger partial charge on any atom is 0.261 e. The summed E-state index contributed by atoms with van der Waals surface area (Å²) in [5.41, 5.74) is 6.33. The van der Waals surface area contributed by atoms with Crippen LogP contribution in [0.5, 0.6) is 0 Å². The molecule has 6 heteroatoms. The van der Waals surface area contributed by atoms with Crippen LogP contribution >= 0.6 is 12.4 Å². The standard InChI is InChI=1S/C13H15FN2O2.ClH/c14-8-9(15)4-3-7-16-12(17)10-5-1-2-6-11(10)13(16)18;/h1-2,5-6,9H,3-4,7-8,15H2;1H. The number of halogens is 2. The number of fused-ring (bicyclic) bond motifs is 1. The quantitative estimate of drug-likeness (QED) is 0.839. The zero-order valence-electron chi connectivity index (χ0n) is 10.3. The van der Waals surface area contributed by atoms with Crippen LogP contribution in [0.2, 0.25) is 0 Å². The molecule has 2 N–H and O–H groups in total. The number of rotatable bonds is 5. The fourth-order valence-electron chi connectivity index (χ4n) is 2.03. The fourth-order valence-corrected chi connectivity index (χ4v) is 2.03. The Balaban J connectivity index is 0.00000180. The molecule has 0 spiro atoms. The molecule has 0 saturated heterocycles. The molecule has 1 aliphatic heterocycles. The van der Waals surface area contributed by atoms with Gasteiger partial charge in [0.05, 0.1) is 11.1 Å². The predicted molar refractivity (Wildman–Crippen MR) is 72.2 cm³/mol. The second-order valence-corrected chi connectivity index (χ2v) is 4.36. The lowest BCUT2D eigenvalue weighted by Gasteiger charge is -2.14. The number of hydrogen-bond donors (Lipinski definition) is 1. The summed E-state index contributed by atoms with van der Waals surface area (Å²) in [7, 11) is 0. The Morgan fingerprint density at radius 2 is 1.68 bits per heavy atom. The highest BCUT2D eigenvalue weighted by Gasteiger charge is 2.34. The fraction of sp³-hybridized carbons (Fsp3) is 0.385. The Bertz CT molecular complexity index is 446. The van der Waals surface area contributed by atoms with Crippen LogP contribution in [0.3, 0.4) is 0 Å². The van der Waals surface area contributed by atoms with Crippen molar-refractivity contribution < 1.29 is 14.0 Å². The molecule has 0 radical (unpaired) electrons. The number of amides is 2. The highest BCUT2D eigenvalue weighted by molar-refractivity contribution is 6.21. The van der Waals surface area contributed by atoms with E-state index in [-0.39, 0.29) is 24.2 Å². The average molecular weight is 287 g/mol. The maximum atomic E-state index is 12.2. The normalized spacial score (nSPS) is 15.2. The number of nitrogens with two attached hydrogens (primary N) is 1. The smallest absolute Gasteiger partial charge is 0.261 e. The SMILES string of the molecule is Cl.NC(CF)CCCN1C(=O)c2ccccc2C1=O. The van der Waals surface area contributed by atoms with E-state index in [9.17, 15) is 14.0 Å². The van der Waals surface area contributed by atoms with Crippen LogP contribution < -0.4 is 5.73 Å². The molecular formula is C13H16ClFN2O2. The van der Waals surface area contributed by atoms with E-state index in [4.69, 9.17) is 5.73 Å². The van der Waals surface area contributed by atoms with Crippen LogP contribution in [0.15, 0.2) is 24.3 Å². The summed E-state index contributed by atoms with van der Waals surface area (Å²) >= 11 is 0. The first-order chi connectivity index (χ1) is 8.65. The number of alkyl halides is 1.